The van der Waals surface area contributed by atoms with E-state index in [-0.39, 0.29) is 11.9 Å². The fourth-order valence-corrected chi connectivity index (χ4v) is 1.61. The van der Waals surface area contributed by atoms with Crippen molar-refractivity contribution in [2.45, 2.75) is 19.9 Å². The van der Waals surface area contributed by atoms with Gasteiger partial charge in [0.05, 0.1) is 0 Å². The van der Waals surface area contributed by atoms with E-state index in [1.54, 1.807) is 19.1 Å². The van der Waals surface area contributed by atoms with Crippen molar-refractivity contribution in [3.8, 4) is 0 Å². The first kappa shape index (κ1) is 12.1. The van der Waals surface area contributed by atoms with Gasteiger partial charge >= 0.3 is 0 Å². The Morgan fingerprint density at radius 3 is 2.60 bits per heavy atom. The largest absolute Gasteiger partial charge is 0.329 e. The van der Waals surface area contributed by atoms with Crippen LogP contribution in [0.1, 0.15) is 24.1 Å². The zero-order chi connectivity index (χ0) is 11.4. The molecule has 15 heavy (non-hydrogen) atoms. The summed E-state index contributed by atoms with van der Waals surface area (Å²) in [5.41, 5.74) is 7.33. The van der Waals surface area contributed by atoms with Crippen LogP contribution in [0.15, 0.2) is 18.2 Å². The van der Waals surface area contributed by atoms with Gasteiger partial charge in [-0.2, -0.15) is 0 Å². The number of nitrogens with two attached hydrogens (primary N) is 1. The number of rotatable bonds is 4. The molecule has 0 amide bonds. The first-order valence-electron chi connectivity index (χ1n) is 5.26. The number of likely N-dealkylation sites (N-methyl/N-ethyl adjacent to an activating group) is 1. The van der Waals surface area contributed by atoms with Crippen molar-refractivity contribution in [2.24, 2.45) is 5.73 Å². The van der Waals surface area contributed by atoms with Crippen LogP contribution in [0.3, 0.4) is 0 Å². The number of hydrogen-bond acceptors (Lipinski definition) is 2. The Bertz CT molecular complexity index is 325. The third kappa shape index (κ3) is 2.76. The van der Waals surface area contributed by atoms with Crippen LogP contribution in [0.2, 0.25) is 0 Å². The summed E-state index contributed by atoms with van der Waals surface area (Å²) in [6, 6.07) is 5.43. The van der Waals surface area contributed by atoms with Gasteiger partial charge in [-0.3, -0.25) is 4.90 Å². The molecule has 1 rings (SSSR count). The maximum atomic E-state index is 13.4. The molecule has 2 nitrogen and oxygen atoms in total. The molecule has 0 aliphatic heterocycles. The second-order valence-electron chi connectivity index (χ2n) is 3.83. The maximum absolute atomic E-state index is 13.4. The van der Waals surface area contributed by atoms with Crippen LogP contribution < -0.4 is 5.73 Å². The zero-order valence-electron chi connectivity index (χ0n) is 9.63. The average Bonchev–Trinajstić information content (AvgIpc) is 2.24. The highest BCUT2D eigenvalue weighted by Gasteiger charge is 2.14. The molecule has 3 heteroatoms. The van der Waals surface area contributed by atoms with Crippen molar-refractivity contribution in [1.29, 1.82) is 0 Å². The summed E-state index contributed by atoms with van der Waals surface area (Å²) in [6.07, 6.45) is 0. The summed E-state index contributed by atoms with van der Waals surface area (Å²) in [4.78, 5) is 2.12. The van der Waals surface area contributed by atoms with Crippen LogP contribution in [0, 0.1) is 12.7 Å². The van der Waals surface area contributed by atoms with E-state index < -0.39 is 0 Å². The van der Waals surface area contributed by atoms with Gasteiger partial charge in [0.1, 0.15) is 5.82 Å². The maximum Gasteiger partial charge on any atom is 0.126 e. The lowest BCUT2D eigenvalue weighted by molar-refractivity contribution is 0.263. The Kier molecular flexibility index (Phi) is 4.24. The number of benzene rings is 1. The lowest BCUT2D eigenvalue weighted by Crippen LogP contribution is -2.30. The van der Waals surface area contributed by atoms with E-state index in [9.17, 15) is 4.39 Å². The van der Waals surface area contributed by atoms with Crippen molar-refractivity contribution in [3.05, 3.63) is 35.1 Å². The van der Waals surface area contributed by atoms with Crippen LogP contribution >= 0.6 is 0 Å². The Balaban J connectivity index is 2.97. The van der Waals surface area contributed by atoms with Gasteiger partial charge in [0, 0.05) is 12.6 Å². The van der Waals surface area contributed by atoms with Gasteiger partial charge in [0.15, 0.2) is 0 Å². The molecule has 0 aromatic heterocycles. The summed E-state index contributed by atoms with van der Waals surface area (Å²) in [6.45, 7) is 5.23. The summed E-state index contributed by atoms with van der Waals surface area (Å²) in [5.74, 6) is -0.157. The van der Waals surface area contributed by atoms with Gasteiger partial charge in [-0.05, 0) is 37.7 Å². The Morgan fingerprint density at radius 1 is 1.47 bits per heavy atom. The van der Waals surface area contributed by atoms with Crippen LogP contribution in [-0.4, -0.2) is 25.0 Å². The van der Waals surface area contributed by atoms with Crippen LogP contribution in [0.5, 0.6) is 0 Å². The molecule has 84 valence electrons. The summed E-state index contributed by atoms with van der Waals surface area (Å²) in [7, 11) is 2.00. The average molecular weight is 210 g/mol. The fourth-order valence-electron chi connectivity index (χ4n) is 1.61. The number of aryl methyl sites for hydroxylation is 1. The lowest BCUT2D eigenvalue weighted by Gasteiger charge is -2.26. The summed E-state index contributed by atoms with van der Waals surface area (Å²) >= 11 is 0. The molecule has 2 N–H and O–H groups in total. The molecule has 0 bridgehead atoms. The first-order chi connectivity index (χ1) is 7.10. The molecule has 0 fully saturated rings. The topological polar surface area (TPSA) is 29.3 Å². The molecule has 1 unspecified atom stereocenters. The highest BCUT2D eigenvalue weighted by molar-refractivity contribution is 5.26. The molecule has 0 heterocycles. The van der Waals surface area contributed by atoms with Crippen LogP contribution in [0.25, 0.3) is 0 Å². The second kappa shape index (κ2) is 5.24. The molecule has 0 aliphatic rings. The van der Waals surface area contributed by atoms with E-state index in [0.717, 1.165) is 12.1 Å². The number of nitrogens with zero attached hydrogens (tertiary/aromatic N) is 1. The highest BCUT2D eigenvalue weighted by atomic mass is 19.1. The molecule has 0 spiro atoms. The Labute approximate surface area is 90.9 Å². The summed E-state index contributed by atoms with van der Waals surface area (Å²) in [5, 5.41) is 0. The Morgan fingerprint density at radius 2 is 2.13 bits per heavy atom. The molecule has 1 atom stereocenters. The van der Waals surface area contributed by atoms with Gasteiger partial charge in [0.25, 0.3) is 0 Å². The van der Waals surface area contributed by atoms with Crippen LogP contribution in [-0.2, 0) is 0 Å². The van der Waals surface area contributed by atoms with E-state index in [1.807, 2.05) is 13.1 Å². The number of hydrogen-bond donors (Lipinski definition) is 1. The van der Waals surface area contributed by atoms with Gasteiger partial charge < -0.3 is 5.73 Å². The lowest BCUT2D eigenvalue weighted by atomic mass is 10.0. The minimum absolute atomic E-state index is 0.102. The predicted octanol–water partition coefficient (Wildman–Crippen LogP) is 2.09. The van der Waals surface area contributed by atoms with E-state index in [4.69, 9.17) is 5.73 Å². The molecule has 1 aromatic rings. The van der Waals surface area contributed by atoms with E-state index in [1.165, 1.54) is 0 Å². The van der Waals surface area contributed by atoms with Gasteiger partial charge in [-0.1, -0.05) is 19.1 Å². The molecule has 1 aromatic carbocycles. The molecular formula is C12H19FN2. The third-order valence-corrected chi connectivity index (χ3v) is 2.83. The monoisotopic (exact) mass is 210 g/mol. The zero-order valence-corrected chi connectivity index (χ0v) is 9.63. The predicted molar refractivity (Wildman–Crippen MR) is 61.2 cm³/mol. The Hall–Kier alpha value is -0.930. The van der Waals surface area contributed by atoms with Crippen molar-refractivity contribution >= 4 is 0 Å². The third-order valence-electron chi connectivity index (χ3n) is 2.83. The standard InChI is InChI=1S/C12H19FN2/c1-4-15(3)12(8-14)10-6-5-9(2)11(13)7-10/h5-7,12H,4,8,14H2,1-3H3. The molecule has 0 aliphatic carbocycles. The second-order valence-corrected chi connectivity index (χ2v) is 3.83. The van der Waals surface area contributed by atoms with Gasteiger partial charge in [-0.25, -0.2) is 4.39 Å². The minimum atomic E-state index is -0.157. The fraction of sp³-hybridized carbons (Fsp3) is 0.500. The van der Waals surface area contributed by atoms with Gasteiger partial charge in [0.2, 0.25) is 0 Å². The molecule has 0 radical (unpaired) electrons. The number of halogens is 1. The van der Waals surface area contributed by atoms with E-state index >= 15 is 0 Å². The van der Waals surface area contributed by atoms with Gasteiger partial charge in [-0.15, -0.1) is 0 Å². The molecule has 0 saturated carbocycles. The van der Waals surface area contributed by atoms with Crippen molar-refractivity contribution < 1.29 is 4.39 Å². The van der Waals surface area contributed by atoms with E-state index in [0.29, 0.717) is 12.1 Å². The smallest absolute Gasteiger partial charge is 0.126 e. The van der Waals surface area contributed by atoms with Crippen LogP contribution in [0.4, 0.5) is 4.39 Å². The molecule has 0 saturated heterocycles. The van der Waals surface area contributed by atoms with Crippen molar-refractivity contribution in [3.63, 3.8) is 0 Å². The van der Waals surface area contributed by atoms with E-state index in [2.05, 4.69) is 11.8 Å². The molecular weight excluding hydrogens is 191 g/mol. The van der Waals surface area contributed by atoms with Crippen molar-refractivity contribution in [2.75, 3.05) is 20.1 Å². The summed E-state index contributed by atoms with van der Waals surface area (Å²) < 4.78 is 13.4. The minimum Gasteiger partial charge on any atom is -0.329 e. The van der Waals surface area contributed by atoms with Crippen molar-refractivity contribution in [1.82, 2.24) is 4.90 Å². The first-order valence-corrected chi connectivity index (χ1v) is 5.26. The normalized spacial score (nSPS) is 13.2. The SMILES string of the molecule is CCN(C)C(CN)c1ccc(C)c(F)c1. The highest BCUT2D eigenvalue weighted by Crippen LogP contribution is 2.20. The quantitative estimate of drug-likeness (QED) is 0.824.